The Balaban J connectivity index is 1.94. The number of primary amides is 1. The maximum Gasteiger partial charge on any atom is 0.221 e. The Morgan fingerprint density at radius 3 is 2.50 bits per heavy atom. The van der Waals surface area contributed by atoms with Crippen molar-refractivity contribution in [2.75, 3.05) is 13.1 Å². The Labute approximate surface area is 110 Å². The Kier molecular flexibility index (Phi) is 4.62. The van der Waals surface area contributed by atoms with Crippen LogP contribution in [0.5, 0.6) is 0 Å². The van der Waals surface area contributed by atoms with Crippen LogP contribution in [0.4, 0.5) is 0 Å². The van der Waals surface area contributed by atoms with E-state index in [1.807, 2.05) is 6.92 Å². The Hall–Kier alpha value is -0.610. The molecule has 4 heteroatoms. The molecular formula is C14H27N3O. The molecule has 2 heterocycles. The first kappa shape index (κ1) is 13.8. The summed E-state index contributed by atoms with van der Waals surface area (Å²) in [7, 11) is 0. The van der Waals surface area contributed by atoms with Crippen LogP contribution >= 0.6 is 0 Å². The number of piperidine rings is 1. The minimum Gasteiger partial charge on any atom is -0.369 e. The molecule has 3 N–H and O–H groups in total. The van der Waals surface area contributed by atoms with Crippen LogP contribution in [0.15, 0.2) is 0 Å². The summed E-state index contributed by atoms with van der Waals surface area (Å²) in [5.74, 6) is -0.211. The third-order valence-corrected chi connectivity index (χ3v) is 4.47. The molecule has 1 amide bonds. The van der Waals surface area contributed by atoms with Crippen LogP contribution in [0, 0.1) is 5.92 Å². The van der Waals surface area contributed by atoms with Gasteiger partial charge in [0.25, 0.3) is 0 Å². The lowest BCUT2D eigenvalue weighted by Gasteiger charge is -2.38. The van der Waals surface area contributed by atoms with Crippen LogP contribution in [-0.2, 0) is 4.79 Å². The van der Waals surface area contributed by atoms with Gasteiger partial charge in [-0.25, -0.2) is 0 Å². The molecule has 0 aromatic carbocycles. The molecule has 2 fully saturated rings. The van der Waals surface area contributed by atoms with Gasteiger partial charge in [-0.15, -0.1) is 0 Å². The zero-order valence-corrected chi connectivity index (χ0v) is 11.7. The van der Waals surface area contributed by atoms with E-state index >= 15 is 0 Å². The van der Waals surface area contributed by atoms with E-state index < -0.39 is 0 Å². The second kappa shape index (κ2) is 6.02. The summed E-state index contributed by atoms with van der Waals surface area (Å²) in [6.07, 6.45) is 6.27. The number of carbonyl (C=O) groups is 1. The van der Waals surface area contributed by atoms with Gasteiger partial charge in [0.15, 0.2) is 0 Å². The summed E-state index contributed by atoms with van der Waals surface area (Å²) in [6, 6.07) is 2.06. The van der Waals surface area contributed by atoms with E-state index in [9.17, 15) is 4.79 Å². The highest BCUT2D eigenvalue weighted by Gasteiger charge is 2.36. The molecule has 0 aromatic heterocycles. The van der Waals surface area contributed by atoms with Crippen molar-refractivity contribution in [2.45, 2.75) is 64.1 Å². The number of rotatable bonds is 6. The second-order valence-electron chi connectivity index (χ2n) is 6.06. The zero-order valence-electron chi connectivity index (χ0n) is 11.7. The van der Waals surface area contributed by atoms with E-state index in [1.54, 1.807) is 0 Å². The van der Waals surface area contributed by atoms with E-state index in [1.165, 1.54) is 25.7 Å². The molecule has 0 aliphatic carbocycles. The predicted octanol–water partition coefficient (Wildman–Crippen LogP) is 1.10. The molecule has 3 atom stereocenters. The quantitative estimate of drug-likeness (QED) is 0.745. The van der Waals surface area contributed by atoms with Crippen molar-refractivity contribution in [1.82, 2.24) is 10.2 Å². The van der Waals surface area contributed by atoms with Gasteiger partial charge < -0.3 is 11.1 Å². The summed E-state index contributed by atoms with van der Waals surface area (Å²) < 4.78 is 0. The molecule has 0 spiro atoms. The van der Waals surface area contributed by atoms with Crippen LogP contribution in [0.1, 0.15) is 46.0 Å². The van der Waals surface area contributed by atoms with E-state index in [2.05, 4.69) is 17.1 Å². The highest BCUT2D eigenvalue weighted by atomic mass is 16.1. The van der Waals surface area contributed by atoms with E-state index in [0.717, 1.165) is 19.5 Å². The van der Waals surface area contributed by atoms with Gasteiger partial charge in [-0.05, 0) is 38.6 Å². The fourth-order valence-electron chi connectivity index (χ4n) is 3.48. The standard InChI is InChI=1S/C14H27N3O/c1-3-6-17(9-10(2)14(15)18)13-7-11-4-5-12(8-13)16-11/h10-13,16H,3-9H2,1-2H3,(H2,15,18). The van der Waals surface area contributed by atoms with Gasteiger partial charge >= 0.3 is 0 Å². The molecule has 2 saturated heterocycles. The monoisotopic (exact) mass is 253 g/mol. The van der Waals surface area contributed by atoms with Crippen LogP contribution in [-0.4, -0.2) is 42.0 Å². The molecule has 4 nitrogen and oxygen atoms in total. The van der Waals surface area contributed by atoms with Crippen LogP contribution in [0.3, 0.4) is 0 Å². The van der Waals surface area contributed by atoms with Gasteiger partial charge in [-0.2, -0.15) is 0 Å². The lowest BCUT2D eigenvalue weighted by molar-refractivity contribution is -0.122. The number of nitrogens with one attached hydrogen (secondary N) is 1. The summed E-state index contributed by atoms with van der Waals surface area (Å²) in [6.45, 7) is 6.06. The number of carbonyl (C=O) groups excluding carboxylic acids is 1. The SMILES string of the molecule is CCCN(CC(C)C(N)=O)C1CC2CCC(C1)N2. The topological polar surface area (TPSA) is 58.4 Å². The average Bonchev–Trinajstić information content (AvgIpc) is 2.67. The maximum atomic E-state index is 11.2. The van der Waals surface area contributed by atoms with Crippen molar-refractivity contribution in [3.8, 4) is 0 Å². The first-order chi connectivity index (χ1) is 8.60. The Morgan fingerprint density at radius 1 is 1.39 bits per heavy atom. The number of hydrogen-bond donors (Lipinski definition) is 2. The normalized spacial score (nSPS) is 32.7. The van der Waals surface area contributed by atoms with Crippen LogP contribution in [0.25, 0.3) is 0 Å². The van der Waals surface area contributed by atoms with Crippen molar-refractivity contribution in [2.24, 2.45) is 11.7 Å². The van der Waals surface area contributed by atoms with Gasteiger partial charge in [0, 0.05) is 30.6 Å². The fourth-order valence-corrected chi connectivity index (χ4v) is 3.48. The van der Waals surface area contributed by atoms with E-state index in [-0.39, 0.29) is 11.8 Å². The number of nitrogens with zero attached hydrogens (tertiary/aromatic N) is 1. The highest BCUT2D eigenvalue weighted by Crippen LogP contribution is 2.30. The van der Waals surface area contributed by atoms with Gasteiger partial charge in [-0.3, -0.25) is 9.69 Å². The van der Waals surface area contributed by atoms with Gasteiger partial charge in [0.05, 0.1) is 0 Å². The number of nitrogens with two attached hydrogens (primary N) is 1. The zero-order chi connectivity index (χ0) is 13.1. The minimum absolute atomic E-state index is 0.0379. The van der Waals surface area contributed by atoms with Gasteiger partial charge in [-0.1, -0.05) is 13.8 Å². The van der Waals surface area contributed by atoms with E-state index in [0.29, 0.717) is 18.1 Å². The summed E-state index contributed by atoms with van der Waals surface area (Å²) in [4.78, 5) is 13.7. The molecule has 2 rings (SSSR count). The molecule has 0 saturated carbocycles. The van der Waals surface area contributed by atoms with Crippen molar-refractivity contribution in [3.63, 3.8) is 0 Å². The van der Waals surface area contributed by atoms with Crippen LogP contribution < -0.4 is 11.1 Å². The smallest absolute Gasteiger partial charge is 0.221 e. The lowest BCUT2D eigenvalue weighted by atomic mass is 9.96. The molecule has 104 valence electrons. The number of fused-ring (bicyclic) bond motifs is 2. The highest BCUT2D eigenvalue weighted by molar-refractivity contribution is 5.76. The van der Waals surface area contributed by atoms with Crippen molar-refractivity contribution < 1.29 is 4.79 Å². The molecule has 2 aliphatic rings. The number of amides is 1. The predicted molar refractivity (Wildman–Crippen MR) is 73.2 cm³/mol. The molecule has 2 aliphatic heterocycles. The summed E-state index contributed by atoms with van der Waals surface area (Å²) >= 11 is 0. The Morgan fingerprint density at radius 2 is 2.00 bits per heavy atom. The van der Waals surface area contributed by atoms with Crippen molar-refractivity contribution in [1.29, 1.82) is 0 Å². The molecule has 0 radical (unpaired) electrons. The Bertz CT molecular complexity index is 283. The molecular weight excluding hydrogens is 226 g/mol. The molecule has 3 unspecified atom stereocenters. The van der Waals surface area contributed by atoms with Crippen molar-refractivity contribution in [3.05, 3.63) is 0 Å². The first-order valence-corrected chi connectivity index (χ1v) is 7.39. The van der Waals surface area contributed by atoms with Gasteiger partial charge in [0.1, 0.15) is 0 Å². The van der Waals surface area contributed by atoms with Crippen molar-refractivity contribution >= 4 is 5.91 Å². The molecule has 0 aromatic rings. The van der Waals surface area contributed by atoms with Crippen LogP contribution in [0.2, 0.25) is 0 Å². The maximum absolute atomic E-state index is 11.2. The lowest BCUT2D eigenvalue weighted by Crippen LogP contribution is -2.50. The third-order valence-electron chi connectivity index (χ3n) is 4.47. The molecule has 18 heavy (non-hydrogen) atoms. The number of hydrogen-bond acceptors (Lipinski definition) is 3. The molecule has 2 bridgehead atoms. The first-order valence-electron chi connectivity index (χ1n) is 7.39. The van der Waals surface area contributed by atoms with E-state index in [4.69, 9.17) is 5.73 Å². The third kappa shape index (κ3) is 3.23. The summed E-state index contributed by atoms with van der Waals surface area (Å²) in [5.41, 5.74) is 5.40. The summed E-state index contributed by atoms with van der Waals surface area (Å²) in [5, 5.41) is 3.68. The largest absolute Gasteiger partial charge is 0.369 e. The van der Waals surface area contributed by atoms with Gasteiger partial charge in [0.2, 0.25) is 5.91 Å². The average molecular weight is 253 g/mol. The fraction of sp³-hybridized carbons (Fsp3) is 0.929. The minimum atomic E-state index is -0.173. The second-order valence-corrected chi connectivity index (χ2v) is 6.06.